The molecule has 0 spiro atoms. The quantitative estimate of drug-likeness (QED) is 0.531. The molecule has 0 saturated carbocycles. The Hall–Kier alpha value is -3.48. The predicted molar refractivity (Wildman–Crippen MR) is 117 cm³/mol. The lowest BCUT2D eigenvalue weighted by molar-refractivity contribution is 0.0565. The second kappa shape index (κ2) is 7.98. The minimum absolute atomic E-state index is 0.0900. The molecule has 2 atom stereocenters. The lowest BCUT2D eigenvalue weighted by atomic mass is 9.91. The zero-order valence-corrected chi connectivity index (χ0v) is 17.3. The Balaban J connectivity index is 1.28. The zero-order valence-electron chi connectivity index (χ0n) is 17.3. The van der Waals surface area contributed by atoms with E-state index < -0.39 is 0 Å². The number of nitrogens with zero attached hydrogens (tertiary/aromatic N) is 4. The Morgan fingerprint density at radius 2 is 2.16 bits per heavy atom. The Morgan fingerprint density at radius 1 is 1.26 bits per heavy atom. The molecule has 1 N–H and O–H groups in total. The molecule has 7 heteroatoms. The van der Waals surface area contributed by atoms with E-state index in [0.29, 0.717) is 18.0 Å². The highest BCUT2D eigenvalue weighted by Gasteiger charge is 2.29. The first kappa shape index (κ1) is 19.5. The van der Waals surface area contributed by atoms with E-state index in [1.807, 2.05) is 23.2 Å². The summed E-state index contributed by atoms with van der Waals surface area (Å²) in [6, 6.07) is 12.2. The first-order valence-corrected chi connectivity index (χ1v) is 10.6. The number of aromatic amines is 1. The molecule has 1 aliphatic heterocycles. The third kappa shape index (κ3) is 3.83. The highest BCUT2D eigenvalue weighted by Crippen LogP contribution is 2.28. The molecule has 1 aromatic carbocycles. The van der Waals surface area contributed by atoms with Crippen LogP contribution in [0.4, 0.5) is 4.39 Å². The van der Waals surface area contributed by atoms with Crippen LogP contribution in [0.5, 0.6) is 0 Å². The fraction of sp³-hybridized carbons (Fsp3) is 0.292. The summed E-state index contributed by atoms with van der Waals surface area (Å²) in [5, 5.41) is 6.82. The van der Waals surface area contributed by atoms with Crippen LogP contribution in [0.25, 0.3) is 22.3 Å². The van der Waals surface area contributed by atoms with E-state index in [0.717, 1.165) is 41.7 Å². The van der Waals surface area contributed by atoms with Crippen molar-refractivity contribution in [2.75, 3.05) is 6.54 Å². The number of likely N-dealkylation sites (tertiary alicyclic amines) is 1. The second-order valence-corrected chi connectivity index (χ2v) is 8.30. The van der Waals surface area contributed by atoms with Gasteiger partial charge in [0, 0.05) is 42.7 Å². The molecular formula is C24H24FN5O. The first-order valence-electron chi connectivity index (χ1n) is 10.6. The van der Waals surface area contributed by atoms with Gasteiger partial charge in [-0.15, -0.1) is 0 Å². The molecular weight excluding hydrogens is 393 g/mol. The summed E-state index contributed by atoms with van der Waals surface area (Å²) in [5.74, 6) is 0.000890. The maximum absolute atomic E-state index is 13.5. The van der Waals surface area contributed by atoms with Crippen molar-refractivity contribution in [1.29, 1.82) is 0 Å². The van der Waals surface area contributed by atoms with Gasteiger partial charge in [0.15, 0.2) is 0 Å². The van der Waals surface area contributed by atoms with Gasteiger partial charge in [-0.05, 0) is 62.1 Å². The summed E-state index contributed by atoms with van der Waals surface area (Å²) in [6.07, 6.45) is 7.54. The van der Waals surface area contributed by atoms with Gasteiger partial charge in [0.25, 0.3) is 5.91 Å². The van der Waals surface area contributed by atoms with E-state index in [4.69, 9.17) is 4.98 Å². The summed E-state index contributed by atoms with van der Waals surface area (Å²) in [4.78, 5) is 19.5. The molecule has 5 rings (SSSR count). The number of hydrogen-bond donors (Lipinski definition) is 1. The fourth-order valence-electron chi connectivity index (χ4n) is 4.59. The predicted octanol–water partition coefficient (Wildman–Crippen LogP) is 4.51. The number of pyridine rings is 1. The molecule has 1 fully saturated rings. The SMILES string of the molecule is CC1CC(Cn2ccc3nc(-c4cn[nH]c4)ccc32)CCN1C(=O)c1cccc(F)c1. The largest absolute Gasteiger partial charge is 0.346 e. The van der Waals surface area contributed by atoms with Crippen LogP contribution < -0.4 is 0 Å². The molecule has 0 aliphatic carbocycles. The van der Waals surface area contributed by atoms with E-state index in [9.17, 15) is 9.18 Å². The lowest BCUT2D eigenvalue weighted by Crippen LogP contribution is -2.45. The van der Waals surface area contributed by atoms with Crippen molar-refractivity contribution >= 4 is 16.9 Å². The molecule has 4 heterocycles. The minimum atomic E-state index is -0.377. The van der Waals surface area contributed by atoms with Crippen LogP contribution in [-0.2, 0) is 6.54 Å². The van der Waals surface area contributed by atoms with Gasteiger partial charge in [0.2, 0.25) is 0 Å². The number of nitrogens with one attached hydrogen (secondary N) is 1. The van der Waals surface area contributed by atoms with Gasteiger partial charge in [-0.3, -0.25) is 9.89 Å². The maximum atomic E-state index is 13.5. The second-order valence-electron chi connectivity index (χ2n) is 8.30. The van der Waals surface area contributed by atoms with Crippen LogP contribution in [-0.4, -0.2) is 43.1 Å². The van der Waals surface area contributed by atoms with Gasteiger partial charge in [0.1, 0.15) is 5.82 Å². The number of carbonyl (C=O) groups is 1. The zero-order chi connectivity index (χ0) is 21.4. The summed E-state index contributed by atoms with van der Waals surface area (Å²) >= 11 is 0. The van der Waals surface area contributed by atoms with Crippen LogP contribution in [0.15, 0.2) is 61.1 Å². The molecule has 1 amide bonds. The number of fused-ring (bicyclic) bond motifs is 1. The Labute approximate surface area is 179 Å². The van der Waals surface area contributed by atoms with Crippen LogP contribution in [0.3, 0.4) is 0 Å². The van der Waals surface area contributed by atoms with Gasteiger partial charge in [-0.2, -0.15) is 5.10 Å². The van der Waals surface area contributed by atoms with Crippen molar-refractivity contribution < 1.29 is 9.18 Å². The fourth-order valence-corrected chi connectivity index (χ4v) is 4.59. The topological polar surface area (TPSA) is 66.8 Å². The van der Waals surface area contributed by atoms with Crippen LogP contribution in [0, 0.1) is 11.7 Å². The third-order valence-electron chi connectivity index (χ3n) is 6.19. The van der Waals surface area contributed by atoms with E-state index in [1.165, 1.54) is 12.1 Å². The van der Waals surface area contributed by atoms with E-state index in [-0.39, 0.29) is 17.8 Å². The van der Waals surface area contributed by atoms with Gasteiger partial charge in [-0.25, -0.2) is 9.37 Å². The number of halogens is 1. The van der Waals surface area contributed by atoms with Gasteiger partial charge < -0.3 is 9.47 Å². The number of H-pyrrole nitrogens is 1. The molecule has 0 bridgehead atoms. The maximum Gasteiger partial charge on any atom is 0.254 e. The minimum Gasteiger partial charge on any atom is -0.346 e. The number of hydrogen-bond acceptors (Lipinski definition) is 3. The van der Waals surface area contributed by atoms with Crippen molar-refractivity contribution in [3.05, 3.63) is 72.4 Å². The van der Waals surface area contributed by atoms with Gasteiger partial charge >= 0.3 is 0 Å². The average Bonchev–Trinajstić information content (AvgIpc) is 3.44. The molecule has 1 aliphatic rings. The Morgan fingerprint density at radius 3 is 2.94 bits per heavy atom. The van der Waals surface area contributed by atoms with Crippen molar-refractivity contribution in [2.24, 2.45) is 5.92 Å². The third-order valence-corrected chi connectivity index (χ3v) is 6.19. The normalized spacial score (nSPS) is 19.1. The average molecular weight is 417 g/mol. The Kier molecular flexibility index (Phi) is 5.02. The summed E-state index contributed by atoms with van der Waals surface area (Å²) in [7, 11) is 0. The van der Waals surface area contributed by atoms with Crippen molar-refractivity contribution in [2.45, 2.75) is 32.4 Å². The highest BCUT2D eigenvalue weighted by atomic mass is 19.1. The summed E-state index contributed by atoms with van der Waals surface area (Å²) < 4.78 is 15.8. The van der Waals surface area contributed by atoms with Crippen molar-refractivity contribution in [3.63, 3.8) is 0 Å². The molecule has 0 radical (unpaired) electrons. The van der Waals surface area contributed by atoms with E-state index >= 15 is 0 Å². The van der Waals surface area contributed by atoms with Crippen molar-refractivity contribution in [3.8, 4) is 11.3 Å². The standard InChI is InChI=1S/C24H24FN5O/c1-16-11-17(7-10-30(16)24(31)18-3-2-4-20(25)12-18)15-29-9-8-22-23(29)6-5-21(28-22)19-13-26-27-14-19/h2-6,8-9,12-14,16-17H,7,10-11,15H2,1H3,(H,26,27). The number of amides is 1. The van der Waals surface area contributed by atoms with Crippen molar-refractivity contribution in [1.82, 2.24) is 24.6 Å². The van der Waals surface area contributed by atoms with Gasteiger partial charge in [-0.1, -0.05) is 6.07 Å². The lowest BCUT2D eigenvalue weighted by Gasteiger charge is -2.38. The van der Waals surface area contributed by atoms with E-state index in [1.54, 1.807) is 18.3 Å². The van der Waals surface area contributed by atoms with Crippen LogP contribution >= 0.6 is 0 Å². The Bertz CT molecular complexity index is 1220. The molecule has 158 valence electrons. The monoisotopic (exact) mass is 417 g/mol. The smallest absolute Gasteiger partial charge is 0.254 e. The molecule has 1 saturated heterocycles. The molecule has 6 nitrogen and oxygen atoms in total. The number of benzene rings is 1. The van der Waals surface area contributed by atoms with Gasteiger partial charge in [0.05, 0.1) is 22.9 Å². The van der Waals surface area contributed by atoms with Crippen LogP contribution in [0.2, 0.25) is 0 Å². The molecule has 31 heavy (non-hydrogen) atoms. The summed E-state index contributed by atoms with van der Waals surface area (Å²) in [5.41, 5.74) is 4.36. The number of rotatable bonds is 4. The molecule has 3 aromatic heterocycles. The number of carbonyl (C=O) groups excluding carboxylic acids is 1. The van der Waals surface area contributed by atoms with E-state index in [2.05, 4.69) is 34.0 Å². The summed E-state index contributed by atoms with van der Waals surface area (Å²) in [6.45, 7) is 3.65. The highest BCUT2D eigenvalue weighted by molar-refractivity contribution is 5.94. The first-order chi connectivity index (χ1) is 15.1. The number of piperidine rings is 1. The molecule has 4 aromatic rings. The van der Waals surface area contributed by atoms with Crippen LogP contribution in [0.1, 0.15) is 30.1 Å². The number of aromatic nitrogens is 4. The molecule has 2 unspecified atom stereocenters.